The zero-order valence-electron chi connectivity index (χ0n) is 8.70. The van der Waals surface area contributed by atoms with Crippen molar-refractivity contribution in [3.8, 4) is 0 Å². The van der Waals surface area contributed by atoms with Gasteiger partial charge in [0, 0.05) is 18.4 Å². The molecule has 0 amide bonds. The van der Waals surface area contributed by atoms with Crippen LogP contribution in [0, 0.1) is 6.92 Å². The van der Waals surface area contributed by atoms with Gasteiger partial charge in [0.1, 0.15) is 5.84 Å². The van der Waals surface area contributed by atoms with E-state index in [4.69, 9.17) is 0 Å². The number of aromatic nitrogens is 2. The van der Waals surface area contributed by atoms with Crippen LogP contribution in [0.25, 0.3) is 0 Å². The molecule has 1 aliphatic rings. The second-order valence-corrected chi connectivity index (χ2v) is 3.47. The van der Waals surface area contributed by atoms with Gasteiger partial charge in [-0.25, -0.2) is 0 Å². The molecule has 1 aliphatic heterocycles. The number of allylic oxidation sites excluding steroid dienone is 1. The van der Waals surface area contributed by atoms with Crippen molar-refractivity contribution in [2.75, 3.05) is 6.54 Å². The van der Waals surface area contributed by atoms with Crippen molar-refractivity contribution >= 4 is 5.84 Å². The lowest BCUT2D eigenvalue weighted by atomic mass is 10.2. The molecule has 0 saturated carbocycles. The standard InChI is InChI=1S/C10H14N4/c1-7-4-5-11-10(13-7)9-6-12-14(3)8(9)2/h4,6H,5H2,1-3H3,(H,11,13). The van der Waals surface area contributed by atoms with E-state index in [0.29, 0.717) is 0 Å². The van der Waals surface area contributed by atoms with Crippen LogP contribution in [0.1, 0.15) is 18.2 Å². The van der Waals surface area contributed by atoms with Gasteiger partial charge in [0.25, 0.3) is 0 Å². The Morgan fingerprint density at radius 3 is 2.79 bits per heavy atom. The fraction of sp³-hybridized carbons (Fsp3) is 0.400. The molecule has 1 aromatic heterocycles. The summed E-state index contributed by atoms with van der Waals surface area (Å²) in [6.07, 6.45) is 3.91. The molecule has 0 unspecified atom stereocenters. The van der Waals surface area contributed by atoms with Crippen LogP contribution in [0.3, 0.4) is 0 Å². The number of aliphatic imine (C=N–C) groups is 1. The summed E-state index contributed by atoms with van der Waals surface area (Å²) in [6, 6.07) is 0. The lowest BCUT2D eigenvalue weighted by Crippen LogP contribution is -2.26. The van der Waals surface area contributed by atoms with E-state index in [-0.39, 0.29) is 0 Å². The normalized spacial score (nSPS) is 15.9. The second-order valence-electron chi connectivity index (χ2n) is 3.47. The number of amidine groups is 1. The first-order chi connectivity index (χ1) is 6.68. The maximum atomic E-state index is 4.40. The van der Waals surface area contributed by atoms with Crippen LogP contribution in [0.4, 0.5) is 0 Å². The first-order valence-corrected chi connectivity index (χ1v) is 4.65. The summed E-state index contributed by atoms with van der Waals surface area (Å²) in [6.45, 7) is 4.84. The molecule has 0 aromatic carbocycles. The van der Waals surface area contributed by atoms with Crippen molar-refractivity contribution in [3.63, 3.8) is 0 Å². The minimum absolute atomic E-state index is 0.752. The number of nitrogens with one attached hydrogen (secondary N) is 1. The highest BCUT2D eigenvalue weighted by atomic mass is 15.3. The summed E-state index contributed by atoms with van der Waals surface area (Å²) in [5.41, 5.74) is 3.36. The quantitative estimate of drug-likeness (QED) is 0.717. The van der Waals surface area contributed by atoms with Crippen molar-refractivity contribution in [1.29, 1.82) is 0 Å². The summed E-state index contributed by atoms with van der Waals surface area (Å²) in [7, 11) is 1.94. The van der Waals surface area contributed by atoms with Gasteiger partial charge in [0.05, 0.1) is 18.3 Å². The minimum Gasteiger partial charge on any atom is -0.344 e. The van der Waals surface area contributed by atoms with E-state index >= 15 is 0 Å². The molecule has 2 rings (SSSR count). The average Bonchev–Trinajstić information content (AvgIpc) is 2.48. The van der Waals surface area contributed by atoms with E-state index in [1.54, 1.807) is 0 Å². The Labute approximate surface area is 83.3 Å². The predicted octanol–water partition coefficient (Wildman–Crippen LogP) is 0.982. The molecular weight excluding hydrogens is 176 g/mol. The van der Waals surface area contributed by atoms with Crippen LogP contribution in [-0.2, 0) is 7.05 Å². The summed E-state index contributed by atoms with van der Waals surface area (Å²) in [5, 5.41) is 7.44. The molecular formula is C10H14N4. The van der Waals surface area contributed by atoms with Crippen molar-refractivity contribution in [2.45, 2.75) is 13.8 Å². The third-order valence-electron chi connectivity index (χ3n) is 2.45. The molecule has 0 aliphatic carbocycles. The van der Waals surface area contributed by atoms with Crippen LogP contribution in [0.2, 0.25) is 0 Å². The van der Waals surface area contributed by atoms with Crippen LogP contribution >= 0.6 is 0 Å². The Morgan fingerprint density at radius 1 is 1.43 bits per heavy atom. The third kappa shape index (κ3) is 1.43. The molecule has 74 valence electrons. The Kier molecular flexibility index (Phi) is 2.11. The number of hydrogen-bond acceptors (Lipinski definition) is 3. The molecule has 1 aromatic rings. The molecule has 0 radical (unpaired) electrons. The van der Waals surface area contributed by atoms with Crippen LogP contribution in [0.5, 0.6) is 0 Å². The van der Waals surface area contributed by atoms with Gasteiger partial charge in [0.15, 0.2) is 0 Å². The third-order valence-corrected chi connectivity index (χ3v) is 2.45. The van der Waals surface area contributed by atoms with Gasteiger partial charge >= 0.3 is 0 Å². The number of rotatable bonds is 1. The lowest BCUT2D eigenvalue weighted by Gasteiger charge is -2.13. The minimum atomic E-state index is 0.752. The van der Waals surface area contributed by atoms with Crippen molar-refractivity contribution in [1.82, 2.24) is 15.1 Å². The Balaban J connectivity index is 2.32. The van der Waals surface area contributed by atoms with Crippen LogP contribution in [0.15, 0.2) is 23.0 Å². The van der Waals surface area contributed by atoms with Gasteiger partial charge in [0.2, 0.25) is 0 Å². The Morgan fingerprint density at radius 2 is 2.21 bits per heavy atom. The molecule has 0 bridgehead atoms. The largest absolute Gasteiger partial charge is 0.344 e. The smallest absolute Gasteiger partial charge is 0.136 e. The fourth-order valence-electron chi connectivity index (χ4n) is 1.43. The van der Waals surface area contributed by atoms with Crippen molar-refractivity contribution < 1.29 is 0 Å². The molecule has 4 nitrogen and oxygen atoms in total. The number of nitrogens with zero attached hydrogens (tertiary/aromatic N) is 3. The molecule has 0 saturated heterocycles. The van der Waals surface area contributed by atoms with E-state index in [1.165, 1.54) is 0 Å². The lowest BCUT2D eigenvalue weighted by molar-refractivity contribution is 0.739. The van der Waals surface area contributed by atoms with E-state index in [9.17, 15) is 0 Å². The average molecular weight is 190 g/mol. The molecule has 0 spiro atoms. The molecule has 4 heteroatoms. The Hall–Kier alpha value is -1.58. The zero-order valence-corrected chi connectivity index (χ0v) is 8.70. The second kappa shape index (κ2) is 3.29. The van der Waals surface area contributed by atoms with Gasteiger partial charge < -0.3 is 5.32 Å². The van der Waals surface area contributed by atoms with E-state index in [2.05, 4.69) is 21.5 Å². The first-order valence-electron chi connectivity index (χ1n) is 4.65. The van der Waals surface area contributed by atoms with Crippen LogP contribution < -0.4 is 5.32 Å². The van der Waals surface area contributed by atoms with E-state index in [0.717, 1.165) is 29.3 Å². The summed E-state index contributed by atoms with van der Waals surface area (Å²) < 4.78 is 1.85. The highest BCUT2D eigenvalue weighted by molar-refractivity contribution is 6.01. The van der Waals surface area contributed by atoms with Gasteiger partial charge in [-0.2, -0.15) is 5.10 Å². The molecule has 1 N–H and O–H groups in total. The van der Waals surface area contributed by atoms with Gasteiger partial charge in [-0.1, -0.05) is 0 Å². The van der Waals surface area contributed by atoms with E-state index < -0.39 is 0 Å². The highest BCUT2D eigenvalue weighted by Gasteiger charge is 2.12. The molecule has 0 atom stereocenters. The summed E-state index contributed by atoms with van der Waals surface area (Å²) in [5.74, 6) is 0.926. The summed E-state index contributed by atoms with van der Waals surface area (Å²) in [4.78, 5) is 4.40. The SMILES string of the molecule is CC1=CCN=C(c2cnn(C)c2C)N1. The number of aryl methyl sites for hydroxylation is 1. The van der Waals surface area contributed by atoms with Crippen molar-refractivity contribution in [3.05, 3.63) is 29.2 Å². The predicted molar refractivity (Wildman–Crippen MR) is 56.2 cm³/mol. The van der Waals surface area contributed by atoms with Gasteiger partial charge in [-0.15, -0.1) is 0 Å². The maximum Gasteiger partial charge on any atom is 0.136 e. The summed E-state index contributed by atoms with van der Waals surface area (Å²) >= 11 is 0. The monoisotopic (exact) mass is 190 g/mol. The fourth-order valence-corrected chi connectivity index (χ4v) is 1.43. The van der Waals surface area contributed by atoms with Gasteiger partial charge in [-0.3, -0.25) is 9.67 Å². The highest BCUT2D eigenvalue weighted by Crippen LogP contribution is 2.09. The molecule has 0 fully saturated rings. The molecule has 14 heavy (non-hydrogen) atoms. The number of hydrogen-bond donors (Lipinski definition) is 1. The Bertz CT molecular complexity index is 412. The van der Waals surface area contributed by atoms with Gasteiger partial charge in [-0.05, 0) is 19.9 Å². The molecule has 2 heterocycles. The van der Waals surface area contributed by atoms with Crippen LogP contribution in [-0.4, -0.2) is 22.2 Å². The topological polar surface area (TPSA) is 42.2 Å². The van der Waals surface area contributed by atoms with E-state index in [1.807, 2.05) is 31.8 Å². The van der Waals surface area contributed by atoms with Crippen molar-refractivity contribution in [2.24, 2.45) is 12.0 Å². The maximum absolute atomic E-state index is 4.40. The first kappa shape index (κ1) is 8.99. The zero-order chi connectivity index (χ0) is 10.1.